The number of nitriles is 1. The average molecular weight is 135 g/mol. The van der Waals surface area contributed by atoms with Crippen LogP contribution in [-0.4, -0.2) is 0 Å². The molecule has 0 saturated heterocycles. The van der Waals surface area contributed by atoms with Gasteiger partial charge in [-0.15, -0.1) is 0 Å². The minimum absolute atomic E-state index is 0.421. The molecule has 0 aliphatic rings. The van der Waals surface area contributed by atoms with Crippen LogP contribution in [0.1, 0.15) is 11.7 Å². The second-order valence-corrected chi connectivity index (χ2v) is 1.90. The van der Waals surface area contributed by atoms with E-state index in [-0.39, 0.29) is 0 Å². The van der Waals surface area contributed by atoms with Crippen molar-refractivity contribution in [1.29, 1.82) is 5.26 Å². The number of benzene rings is 1. The first-order valence-electron chi connectivity index (χ1n) is 2.93. The summed E-state index contributed by atoms with van der Waals surface area (Å²) in [5.74, 6) is 0. The number of hydrogen-bond acceptors (Lipinski definition) is 1. The van der Waals surface area contributed by atoms with Crippen molar-refractivity contribution >= 4 is 0 Å². The standard InChI is InChI=1S/C8H6FN/c9-8(6-10)7-4-2-1-3-5-7/h1-5,8H. The summed E-state index contributed by atoms with van der Waals surface area (Å²) in [5.41, 5.74) is 0.421. The molecule has 0 N–H and O–H groups in total. The van der Waals surface area contributed by atoms with E-state index in [9.17, 15) is 4.39 Å². The topological polar surface area (TPSA) is 23.8 Å². The third kappa shape index (κ3) is 1.32. The predicted molar refractivity (Wildman–Crippen MR) is 35.9 cm³/mol. The molecule has 1 atom stereocenters. The maximum atomic E-state index is 12.5. The molecule has 0 aliphatic heterocycles. The highest BCUT2D eigenvalue weighted by atomic mass is 19.1. The van der Waals surface area contributed by atoms with E-state index in [1.165, 1.54) is 6.07 Å². The maximum absolute atomic E-state index is 12.5. The molecule has 2 heteroatoms. The van der Waals surface area contributed by atoms with Gasteiger partial charge in [0.25, 0.3) is 0 Å². The Kier molecular flexibility index (Phi) is 2.01. The molecule has 0 spiro atoms. The second kappa shape index (κ2) is 2.98. The molecule has 0 fully saturated rings. The molecule has 1 aromatic rings. The number of alkyl halides is 1. The van der Waals surface area contributed by atoms with Crippen molar-refractivity contribution in [2.75, 3.05) is 0 Å². The Hall–Kier alpha value is -1.36. The van der Waals surface area contributed by atoms with Gasteiger partial charge >= 0.3 is 0 Å². The molecule has 1 unspecified atom stereocenters. The monoisotopic (exact) mass is 135 g/mol. The summed E-state index contributed by atoms with van der Waals surface area (Å²) < 4.78 is 12.5. The molecule has 0 amide bonds. The zero-order valence-corrected chi connectivity index (χ0v) is 5.29. The van der Waals surface area contributed by atoms with Crippen LogP contribution < -0.4 is 0 Å². The van der Waals surface area contributed by atoms with E-state index in [1.54, 1.807) is 30.3 Å². The third-order valence-electron chi connectivity index (χ3n) is 1.21. The van der Waals surface area contributed by atoms with Crippen LogP contribution in [0.4, 0.5) is 4.39 Å². The number of halogens is 1. The van der Waals surface area contributed by atoms with E-state index in [2.05, 4.69) is 0 Å². The Balaban J connectivity index is 2.88. The van der Waals surface area contributed by atoms with Gasteiger partial charge in [0, 0.05) is 5.56 Å². The average Bonchev–Trinajstić information content (AvgIpc) is 2.05. The fourth-order valence-electron chi connectivity index (χ4n) is 0.697. The summed E-state index contributed by atoms with van der Waals surface area (Å²) in [5, 5.41) is 8.16. The quantitative estimate of drug-likeness (QED) is 0.579. The van der Waals surface area contributed by atoms with Crippen molar-refractivity contribution < 1.29 is 4.39 Å². The molecule has 50 valence electrons. The largest absolute Gasteiger partial charge is 0.226 e. The van der Waals surface area contributed by atoms with Crippen LogP contribution in [0.2, 0.25) is 0 Å². The zero-order chi connectivity index (χ0) is 7.40. The first-order valence-corrected chi connectivity index (χ1v) is 2.93. The van der Waals surface area contributed by atoms with E-state index < -0.39 is 6.17 Å². The van der Waals surface area contributed by atoms with Gasteiger partial charge in [-0.2, -0.15) is 5.26 Å². The molecule has 0 saturated carbocycles. The van der Waals surface area contributed by atoms with Crippen LogP contribution in [0.15, 0.2) is 30.3 Å². The van der Waals surface area contributed by atoms with E-state index >= 15 is 0 Å². The van der Waals surface area contributed by atoms with Crippen molar-refractivity contribution in [2.24, 2.45) is 0 Å². The van der Waals surface area contributed by atoms with E-state index in [1.807, 2.05) is 0 Å². The molecular weight excluding hydrogens is 129 g/mol. The van der Waals surface area contributed by atoms with Crippen molar-refractivity contribution in [3.8, 4) is 6.07 Å². The molecule has 0 heterocycles. The number of rotatable bonds is 1. The SMILES string of the molecule is N#CC(F)c1ccccc1. The molecule has 0 aromatic heterocycles. The summed E-state index contributed by atoms with van der Waals surface area (Å²) >= 11 is 0. The van der Waals surface area contributed by atoms with E-state index in [0.717, 1.165) is 0 Å². The van der Waals surface area contributed by atoms with Crippen LogP contribution in [0.3, 0.4) is 0 Å². The van der Waals surface area contributed by atoms with Crippen molar-refractivity contribution in [3.05, 3.63) is 35.9 Å². The van der Waals surface area contributed by atoms with Gasteiger partial charge in [0.15, 0.2) is 0 Å². The van der Waals surface area contributed by atoms with Gasteiger partial charge in [-0.1, -0.05) is 30.3 Å². The first-order chi connectivity index (χ1) is 4.84. The predicted octanol–water partition coefficient (Wildman–Crippen LogP) is 2.22. The lowest BCUT2D eigenvalue weighted by Gasteiger charge is -1.95. The Bertz CT molecular complexity index is 237. The smallest absolute Gasteiger partial charge is 0.211 e. The Morgan fingerprint density at radius 3 is 2.40 bits per heavy atom. The summed E-state index contributed by atoms with van der Waals surface area (Å²) in [6.45, 7) is 0. The van der Waals surface area contributed by atoms with Gasteiger partial charge in [0.1, 0.15) is 6.07 Å². The Morgan fingerprint density at radius 1 is 1.30 bits per heavy atom. The number of hydrogen-bond donors (Lipinski definition) is 0. The first kappa shape index (κ1) is 6.76. The molecule has 1 nitrogen and oxygen atoms in total. The second-order valence-electron chi connectivity index (χ2n) is 1.90. The normalized spacial score (nSPS) is 12.0. The summed E-state index contributed by atoms with van der Waals surface area (Å²) in [6.07, 6.45) is -1.48. The highest BCUT2D eigenvalue weighted by Gasteiger charge is 2.04. The lowest BCUT2D eigenvalue weighted by Crippen LogP contribution is -1.84. The Labute approximate surface area is 58.7 Å². The molecule has 1 aromatic carbocycles. The van der Waals surface area contributed by atoms with Gasteiger partial charge in [-0.25, -0.2) is 4.39 Å². The fraction of sp³-hybridized carbons (Fsp3) is 0.125. The molecule has 0 bridgehead atoms. The lowest BCUT2D eigenvalue weighted by molar-refractivity contribution is 0.424. The molecule has 10 heavy (non-hydrogen) atoms. The van der Waals surface area contributed by atoms with Crippen LogP contribution in [0, 0.1) is 11.3 Å². The number of nitrogens with zero attached hydrogens (tertiary/aromatic N) is 1. The highest BCUT2D eigenvalue weighted by Crippen LogP contribution is 2.14. The zero-order valence-electron chi connectivity index (χ0n) is 5.29. The molecule has 0 radical (unpaired) electrons. The summed E-state index contributed by atoms with van der Waals surface area (Å²) in [6, 6.07) is 9.90. The van der Waals surface area contributed by atoms with Crippen molar-refractivity contribution in [2.45, 2.75) is 6.17 Å². The van der Waals surface area contributed by atoms with Crippen molar-refractivity contribution in [1.82, 2.24) is 0 Å². The van der Waals surface area contributed by atoms with Crippen LogP contribution in [0.5, 0.6) is 0 Å². The van der Waals surface area contributed by atoms with Crippen LogP contribution >= 0.6 is 0 Å². The minimum atomic E-state index is -1.48. The highest BCUT2D eigenvalue weighted by molar-refractivity contribution is 5.21. The van der Waals surface area contributed by atoms with Crippen LogP contribution in [-0.2, 0) is 0 Å². The maximum Gasteiger partial charge on any atom is 0.211 e. The Morgan fingerprint density at radius 2 is 1.90 bits per heavy atom. The van der Waals surface area contributed by atoms with Crippen LogP contribution in [0.25, 0.3) is 0 Å². The van der Waals surface area contributed by atoms with E-state index in [0.29, 0.717) is 5.56 Å². The minimum Gasteiger partial charge on any atom is -0.226 e. The van der Waals surface area contributed by atoms with Gasteiger partial charge in [0.2, 0.25) is 6.17 Å². The lowest BCUT2D eigenvalue weighted by atomic mass is 10.1. The van der Waals surface area contributed by atoms with Gasteiger partial charge in [-0.05, 0) is 0 Å². The molecular formula is C8H6FN. The molecule has 1 rings (SSSR count). The summed E-state index contributed by atoms with van der Waals surface area (Å²) in [7, 11) is 0. The molecule has 0 aliphatic carbocycles. The van der Waals surface area contributed by atoms with E-state index in [4.69, 9.17) is 5.26 Å². The van der Waals surface area contributed by atoms with Crippen molar-refractivity contribution in [3.63, 3.8) is 0 Å². The third-order valence-corrected chi connectivity index (χ3v) is 1.21. The fourth-order valence-corrected chi connectivity index (χ4v) is 0.697. The van der Waals surface area contributed by atoms with Gasteiger partial charge in [0.05, 0.1) is 0 Å². The van der Waals surface area contributed by atoms with Gasteiger partial charge < -0.3 is 0 Å². The summed E-state index contributed by atoms with van der Waals surface area (Å²) in [4.78, 5) is 0. The van der Waals surface area contributed by atoms with Gasteiger partial charge in [-0.3, -0.25) is 0 Å².